The molecule has 0 radical (unpaired) electrons. The Bertz CT molecular complexity index is 580. The van der Waals surface area contributed by atoms with E-state index in [0.29, 0.717) is 29.5 Å². The Morgan fingerprint density at radius 2 is 2.21 bits per heavy atom. The molecule has 0 bridgehead atoms. The summed E-state index contributed by atoms with van der Waals surface area (Å²) >= 11 is 5.95. The predicted molar refractivity (Wildman–Crippen MR) is 77.1 cm³/mol. The number of anilines is 1. The number of nitrogens with two attached hydrogens (primary N) is 1. The lowest BCUT2D eigenvalue weighted by atomic mass is 10.2. The molecule has 0 aliphatic carbocycles. The van der Waals surface area contributed by atoms with E-state index in [1.165, 1.54) is 0 Å². The van der Waals surface area contributed by atoms with Gasteiger partial charge < -0.3 is 15.6 Å². The highest BCUT2D eigenvalue weighted by atomic mass is 35.5. The van der Waals surface area contributed by atoms with E-state index in [1.807, 2.05) is 31.2 Å². The molecule has 1 aromatic heterocycles. The summed E-state index contributed by atoms with van der Waals surface area (Å²) in [5, 5.41) is 0.671. The SMILES string of the molecule is CCN(Cc1cccc(Cl)c1)C(=O)c1cc(N)c[nH]1. The number of carbonyl (C=O) groups excluding carboxylic acids is 1. The molecule has 0 saturated carbocycles. The van der Waals surface area contributed by atoms with E-state index < -0.39 is 0 Å². The van der Waals surface area contributed by atoms with Gasteiger partial charge in [-0.1, -0.05) is 23.7 Å². The van der Waals surface area contributed by atoms with Gasteiger partial charge in [0.25, 0.3) is 5.91 Å². The number of aromatic amines is 1. The summed E-state index contributed by atoms with van der Waals surface area (Å²) in [6, 6.07) is 9.14. The third-order valence-electron chi connectivity index (χ3n) is 2.87. The van der Waals surface area contributed by atoms with Crippen LogP contribution < -0.4 is 5.73 Å². The van der Waals surface area contributed by atoms with Gasteiger partial charge in [-0.25, -0.2) is 0 Å². The zero-order valence-corrected chi connectivity index (χ0v) is 11.4. The molecule has 0 aliphatic rings. The van der Waals surface area contributed by atoms with Gasteiger partial charge in [-0.2, -0.15) is 0 Å². The third kappa shape index (κ3) is 3.29. The summed E-state index contributed by atoms with van der Waals surface area (Å²) in [5.41, 5.74) is 7.67. The van der Waals surface area contributed by atoms with Gasteiger partial charge in [0, 0.05) is 30.0 Å². The number of hydrogen-bond acceptors (Lipinski definition) is 2. The molecule has 1 amide bonds. The highest BCUT2D eigenvalue weighted by molar-refractivity contribution is 6.30. The number of rotatable bonds is 4. The predicted octanol–water partition coefficient (Wildman–Crippen LogP) is 2.91. The Morgan fingerprint density at radius 1 is 1.42 bits per heavy atom. The number of halogens is 1. The number of hydrogen-bond donors (Lipinski definition) is 2. The Balaban J connectivity index is 2.14. The maximum atomic E-state index is 12.3. The van der Waals surface area contributed by atoms with Crippen LogP contribution in [-0.4, -0.2) is 22.3 Å². The first kappa shape index (κ1) is 13.5. The number of benzene rings is 1. The summed E-state index contributed by atoms with van der Waals surface area (Å²) in [6.07, 6.45) is 1.61. The zero-order valence-electron chi connectivity index (χ0n) is 10.7. The lowest BCUT2D eigenvalue weighted by molar-refractivity contribution is 0.0747. The van der Waals surface area contributed by atoms with Gasteiger partial charge in [-0.05, 0) is 30.7 Å². The van der Waals surface area contributed by atoms with Crippen LogP contribution in [0.15, 0.2) is 36.5 Å². The number of aromatic nitrogens is 1. The van der Waals surface area contributed by atoms with Crippen molar-refractivity contribution in [1.29, 1.82) is 0 Å². The molecular formula is C14H16ClN3O. The highest BCUT2D eigenvalue weighted by Crippen LogP contribution is 2.15. The van der Waals surface area contributed by atoms with Crippen molar-refractivity contribution in [2.45, 2.75) is 13.5 Å². The first-order chi connectivity index (χ1) is 9.10. The molecule has 19 heavy (non-hydrogen) atoms. The second-order valence-electron chi connectivity index (χ2n) is 4.30. The van der Waals surface area contributed by atoms with Crippen molar-refractivity contribution < 1.29 is 4.79 Å². The highest BCUT2D eigenvalue weighted by Gasteiger charge is 2.16. The van der Waals surface area contributed by atoms with Crippen LogP contribution in [0.4, 0.5) is 5.69 Å². The lowest BCUT2D eigenvalue weighted by Gasteiger charge is -2.20. The number of H-pyrrole nitrogens is 1. The smallest absolute Gasteiger partial charge is 0.270 e. The Labute approximate surface area is 117 Å². The van der Waals surface area contributed by atoms with Crippen molar-refractivity contribution in [2.75, 3.05) is 12.3 Å². The first-order valence-corrected chi connectivity index (χ1v) is 6.45. The zero-order chi connectivity index (χ0) is 13.8. The Hall–Kier alpha value is -1.94. The van der Waals surface area contributed by atoms with Gasteiger partial charge in [0.1, 0.15) is 5.69 Å². The van der Waals surface area contributed by atoms with Crippen LogP contribution in [0.25, 0.3) is 0 Å². The van der Waals surface area contributed by atoms with Crippen LogP contribution in [0.2, 0.25) is 5.02 Å². The van der Waals surface area contributed by atoms with E-state index in [4.69, 9.17) is 17.3 Å². The summed E-state index contributed by atoms with van der Waals surface area (Å²) in [4.78, 5) is 16.9. The summed E-state index contributed by atoms with van der Waals surface area (Å²) in [6.45, 7) is 3.08. The molecule has 3 N–H and O–H groups in total. The average Bonchev–Trinajstić information content (AvgIpc) is 2.82. The molecular weight excluding hydrogens is 262 g/mol. The molecule has 100 valence electrons. The molecule has 0 atom stereocenters. The van der Waals surface area contributed by atoms with Gasteiger partial charge in [0.15, 0.2) is 0 Å². The number of nitrogens with one attached hydrogen (secondary N) is 1. The molecule has 5 heteroatoms. The van der Waals surface area contributed by atoms with Crippen LogP contribution >= 0.6 is 11.6 Å². The van der Waals surface area contributed by atoms with Crippen molar-refractivity contribution in [1.82, 2.24) is 9.88 Å². The number of carbonyl (C=O) groups is 1. The van der Waals surface area contributed by atoms with E-state index in [0.717, 1.165) is 5.56 Å². The van der Waals surface area contributed by atoms with Crippen LogP contribution in [0.1, 0.15) is 23.0 Å². The number of nitrogen functional groups attached to an aromatic ring is 1. The Morgan fingerprint density at radius 3 is 2.79 bits per heavy atom. The minimum absolute atomic E-state index is 0.0702. The van der Waals surface area contributed by atoms with Crippen molar-refractivity contribution >= 4 is 23.2 Å². The van der Waals surface area contributed by atoms with Crippen LogP contribution in [0, 0.1) is 0 Å². The molecule has 0 fully saturated rings. The van der Waals surface area contributed by atoms with Crippen molar-refractivity contribution in [2.24, 2.45) is 0 Å². The van der Waals surface area contributed by atoms with Crippen molar-refractivity contribution in [3.8, 4) is 0 Å². The fourth-order valence-electron chi connectivity index (χ4n) is 1.89. The first-order valence-electron chi connectivity index (χ1n) is 6.07. The summed E-state index contributed by atoms with van der Waals surface area (Å²) < 4.78 is 0. The van der Waals surface area contributed by atoms with Gasteiger partial charge >= 0.3 is 0 Å². The Kier molecular flexibility index (Phi) is 4.12. The molecule has 4 nitrogen and oxygen atoms in total. The molecule has 2 rings (SSSR count). The van der Waals surface area contributed by atoms with E-state index in [9.17, 15) is 4.79 Å². The minimum atomic E-state index is -0.0702. The van der Waals surface area contributed by atoms with E-state index >= 15 is 0 Å². The quantitative estimate of drug-likeness (QED) is 0.903. The molecule has 2 aromatic rings. The molecule has 0 spiro atoms. The second kappa shape index (κ2) is 5.80. The second-order valence-corrected chi connectivity index (χ2v) is 4.73. The van der Waals surface area contributed by atoms with Gasteiger partial charge in [-0.3, -0.25) is 4.79 Å². The van der Waals surface area contributed by atoms with Gasteiger partial charge in [-0.15, -0.1) is 0 Å². The minimum Gasteiger partial charge on any atom is -0.397 e. The standard InChI is InChI=1S/C14H16ClN3O/c1-2-18(9-10-4-3-5-11(15)6-10)14(19)13-7-12(16)8-17-13/h3-8,17H,2,9,16H2,1H3. The van der Waals surface area contributed by atoms with Crippen LogP contribution in [0.5, 0.6) is 0 Å². The van der Waals surface area contributed by atoms with E-state index in [1.54, 1.807) is 17.2 Å². The molecule has 0 aliphatic heterocycles. The van der Waals surface area contributed by atoms with Crippen molar-refractivity contribution in [3.05, 3.63) is 52.8 Å². The normalized spacial score (nSPS) is 10.4. The largest absolute Gasteiger partial charge is 0.397 e. The fourth-order valence-corrected chi connectivity index (χ4v) is 2.10. The average molecular weight is 278 g/mol. The fraction of sp³-hybridized carbons (Fsp3) is 0.214. The van der Waals surface area contributed by atoms with Gasteiger partial charge in [0.2, 0.25) is 0 Å². The lowest BCUT2D eigenvalue weighted by Crippen LogP contribution is -2.30. The summed E-state index contributed by atoms with van der Waals surface area (Å²) in [7, 11) is 0. The number of nitrogens with zero attached hydrogens (tertiary/aromatic N) is 1. The summed E-state index contributed by atoms with van der Waals surface area (Å²) in [5.74, 6) is -0.0702. The molecule has 0 unspecified atom stereocenters. The van der Waals surface area contributed by atoms with Crippen molar-refractivity contribution in [3.63, 3.8) is 0 Å². The maximum absolute atomic E-state index is 12.3. The maximum Gasteiger partial charge on any atom is 0.270 e. The monoisotopic (exact) mass is 277 g/mol. The van der Waals surface area contributed by atoms with Crippen LogP contribution in [0.3, 0.4) is 0 Å². The number of amides is 1. The third-order valence-corrected chi connectivity index (χ3v) is 3.10. The van der Waals surface area contributed by atoms with Gasteiger partial charge in [0.05, 0.1) is 0 Å². The molecule has 0 saturated heterocycles. The topological polar surface area (TPSA) is 62.1 Å². The van der Waals surface area contributed by atoms with Crippen LogP contribution in [-0.2, 0) is 6.54 Å². The molecule has 1 aromatic carbocycles. The van der Waals surface area contributed by atoms with E-state index in [2.05, 4.69) is 4.98 Å². The molecule has 1 heterocycles. The van der Waals surface area contributed by atoms with E-state index in [-0.39, 0.29) is 5.91 Å².